The molecule has 0 radical (unpaired) electrons. The summed E-state index contributed by atoms with van der Waals surface area (Å²) in [6.07, 6.45) is -11.2. The average molecular weight is 343 g/mol. The maximum atomic E-state index is 13.0. The van der Waals surface area contributed by atoms with Gasteiger partial charge in [0.05, 0.1) is 6.42 Å². The molecule has 21 heavy (non-hydrogen) atoms. The largest absolute Gasteiger partial charge is 0.445 e. The van der Waals surface area contributed by atoms with Crippen LogP contribution in [0.3, 0.4) is 0 Å². The maximum absolute atomic E-state index is 13.0. The number of rotatable bonds is 6. The molecule has 1 amide bonds. The smallest absolute Gasteiger partial charge is 0.432 e. The van der Waals surface area contributed by atoms with Gasteiger partial charge >= 0.3 is 27.5 Å². The molecule has 0 saturated heterocycles. The van der Waals surface area contributed by atoms with Crippen molar-refractivity contribution in [3.8, 4) is 0 Å². The first-order chi connectivity index (χ1) is 9.19. The summed E-state index contributed by atoms with van der Waals surface area (Å²) in [5, 5.41) is -3.79. The first-order valence-corrected chi connectivity index (χ1v) is 6.49. The second kappa shape index (κ2) is 6.51. The van der Waals surface area contributed by atoms with Crippen LogP contribution in [0.5, 0.6) is 0 Å². The number of hydrogen-bond donors (Lipinski definition) is 2. The van der Waals surface area contributed by atoms with Crippen molar-refractivity contribution >= 4 is 22.0 Å². The Hall–Kier alpha value is -1.50. The van der Waals surface area contributed by atoms with Crippen LogP contribution >= 0.6 is 0 Å². The molecule has 124 valence electrons. The molecule has 13 heteroatoms. The molecule has 0 bridgehead atoms. The molecule has 0 rings (SSSR count). The number of amides is 1. The second-order valence-corrected chi connectivity index (χ2v) is 5.18. The molecule has 0 aromatic rings. The number of nitrogens with one attached hydrogen (secondary N) is 1. The summed E-state index contributed by atoms with van der Waals surface area (Å²) in [6, 6.07) is 0. The average Bonchev–Trinajstić information content (AvgIpc) is 2.21. The van der Waals surface area contributed by atoms with Crippen LogP contribution in [0.4, 0.5) is 22.0 Å². The molecule has 7 nitrogen and oxygen atoms in total. The molecular formula is C8H10F5NO6S. The summed E-state index contributed by atoms with van der Waals surface area (Å²) in [4.78, 5) is 21.4. The van der Waals surface area contributed by atoms with Crippen LogP contribution in [0.25, 0.3) is 0 Å². The van der Waals surface area contributed by atoms with Gasteiger partial charge in [-0.3, -0.25) is 14.1 Å². The molecule has 0 aliphatic rings. The second-order valence-electron chi connectivity index (χ2n) is 3.68. The Labute approximate surface area is 115 Å². The lowest BCUT2D eigenvalue weighted by atomic mass is 10.3. The van der Waals surface area contributed by atoms with Crippen molar-refractivity contribution in [1.82, 2.24) is 5.32 Å². The molecule has 0 aromatic carbocycles. The lowest BCUT2D eigenvalue weighted by molar-refractivity contribution is -0.259. The van der Waals surface area contributed by atoms with Crippen molar-refractivity contribution in [3.63, 3.8) is 0 Å². The molecule has 0 aliphatic heterocycles. The van der Waals surface area contributed by atoms with Gasteiger partial charge in [-0.05, 0) is 0 Å². The summed E-state index contributed by atoms with van der Waals surface area (Å²) < 4.78 is 95.1. The zero-order valence-corrected chi connectivity index (χ0v) is 11.1. The molecule has 0 spiro atoms. The topological polar surface area (TPSA) is 110 Å². The Morgan fingerprint density at radius 2 is 1.71 bits per heavy atom. The van der Waals surface area contributed by atoms with Crippen molar-refractivity contribution in [1.29, 1.82) is 0 Å². The van der Waals surface area contributed by atoms with Gasteiger partial charge in [0.1, 0.15) is 0 Å². The number of alkyl halides is 5. The van der Waals surface area contributed by atoms with E-state index in [4.69, 9.17) is 4.55 Å². The normalized spacial score (nSPS) is 14.4. The van der Waals surface area contributed by atoms with Gasteiger partial charge in [0.25, 0.3) is 6.10 Å². The first-order valence-electron chi connectivity index (χ1n) is 5.05. The molecule has 1 unspecified atom stereocenters. The van der Waals surface area contributed by atoms with E-state index in [2.05, 4.69) is 4.74 Å². The molecule has 0 aliphatic carbocycles. The fourth-order valence-electron chi connectivity index (χ4n) is 0.992. The number of ether oxygens (including phenoxy) is 1. The Balaban J connectivity index is 5.06. The summed E-state index contributed by atoms with van der Waals surface area (Å²) in [6.45, 7) is 0.520. The van der Waals surface area contributed by atoms with E-state index in [0.29, 0.717) is 0 Å². The molecule has 0 saturated carbocycles. The van der Waals surface area contributed by atoms with Gasteiger partial charge in [-0.1, -0.05) is 0 Å². The number of halogens is 5. The molecule has 0 fully saturated rings. The third kappa shape index (κ3) is 5.79. The van der Waals surface area contributed by atoms with Crippen molar-refractivity contribution in [3.05, 3.63) is 0 Å². The van der Waals surface area contributed by atoms with Crippen molar-refractivity contribution in [2.75, 3.05) is 6.54 Å². The quantitative estimate of drug-likeness (QED) is 0.412. The van der Waals surface area contributed by atoms with Gasteiger partial charge in [0, 0.05) is 13.5 Å². The van der Waals surface area contributed by atoms with Crippen LogP contribution in [0.15, 0.2) is 0 Å². The minimum absolute atomic E-state index is 0.504. The standard InChI is InChI=1S/C8H10F5NO6S/c1-4(15)14-3-2-5(16)20-6(7(9,10)11)8(12,13)21(17,18)19/h6H,2-3H2,1H3,(H,14,15)(H,17,18,19). The van der Waals surface area contributed by atoms with Crippen LogP contribution in [0.2, 0.25) is 0 Å². The van der Waals surface area contributed by atoms with Gasteiger partial charge in [0.15, 0.2) is 0 Å². The highest BCUT2D eigenvalue weighted by Gasteiger charge is 2.65. The van der Waals surface area contributed by atoms with E-state index in [1.807, 2.05) is 5.32 Å². The fraction of sp³-hybridized carbons (Fsp3) is 0.750. The van der Waals surface area contributed by atoms with Crippen LogP contribution in [0.1, 0.15) is 13.3 Å². The summed E-state index contributed by atoms with van der Waals surface area (Å²) in [5.74, 6) is -2.48. The molecule has 2 N–H and O–H groups in total. The minimum atomic E-state index is -6.46. The van der Waals surface area contributed by atoms with Gasteiger partial charge in [-0.2, -0.15) is 30.4 Å². The highest BCUT2D eigenvalue weighted by Crippen LogP contribution is 2.38. The third-order valence-corrected chi connectivity index (χ3v) is 2.80. The predicted molar refractivity (Wildman–Crippen MR) is 55.7 cm³/mol. The number of hydrogen-bond acceptors (Lipinski definition) is 5. The molecule has 1 atom stereocenters. The van der Waals surface area contributed by atoms with Gasteiger partial charge < -0.3 is 10.1 Å². The number of carbonyl (C=O) groups is 2. The van der Waals surface area contributed by atoms with E-state index >= 15 is 0 Å². The van der Waals surface area contributed by atoms with Crippen LogP contribution < -0.4 is 5.32 Å². The van der Waals surface area contributed by atoms with E-state index in [9.17, 15) is 40.0 Å². The van der Waals surface area contributed by atoms with Gasteiger partial charge in [-0.15, -0.1) is 0 Å². The Bertz CT molecular complexity index is 502. The summed E-state index contributed by atoms with van der Waals surface area (Å²) in [7, 11) is -6.46. The SMILES string of the molecule is CC(=O)NCCC(=O)OC(C(F)(F)F)C(F)(F)S(=O)(=O)O. The maximum Gasteiger partial charge on any atom is 0.432 e. The lowest BCUT2D eigenvalue weighted by Crippen LogP contribution is -2.52. The lowest BCUT2D eigenvalue weighted by Gasteiger charge is -2.26. The minimum Gasteiger partial charge on any atom is -0.445 e. The highest BCUT2D eigenvalue weighted by atomic mass is 32.2. The van der Waals surface area contributed by atoms with Crippen molar-refractivity contribution < 1.29 is 49.2 Å². The van der Waals surface area contributed by atoms with E-state index < -0.39 is 52.5 Å². The fourth-order valence-corrected chi connectivity index (χ4v) is 1.44. The summed E-state index contributed by atoms with van der Waals surface area (Å²) in [5.41, 5.74) is 0. The first kappa shape index (κ1) is 19.5. The Morgan fingerprint density at radius 3 is 2.05 bits per heavy atom. The number of esters is 1. The van der Waals surface area contributed by atoms with Crippen LogP contribution in [-0.2, 0) is 24.4 Å². The highest BCUT2D eigenvalue weighted by molar-refractivity contribution is 7.86. The van der Waals surface area contributed by atoms with Crippen molar-refractivity contribution in [2.24, 2.45) is 0 Å². The monoisotopic (exact) mass is 343 g/mol. The van der Waals surface area contributed by atoms with E-state index in [1.54, 1.807) is 0 Å². The Kier molecular flexibility index (Phi) is 6.05. The predicted octanol–water partition coefficient (Wildman–Crippen LogP) is 0.467. The Morgan fingerprint density at radius 1 is 1.24 bits per heavy atom. The van der Waals surface area contributed by atoms with Crippen LogP contribution in [-0.4, -0.2) is 48.9 Å². The third-order valence-electron chi connectivity index (χ3n) is 1.90. The van der Waals surface area contributed by atoms with E-state index in [-0.39, 0.29) is 0 Å². The van der Waals surface area contributed by atoms with Gasteiger partial charge in [-0.25, -0.2) is 0 Å². The summed E-state index contributed by atoms with van der Waals surface area (Å²) >= 11 is 0. The van der Waals surface area contributed by atoms with Crippen LogP contribution in [0, 0.1) is 0 Å². The zero-order valence-electron chi connectivity index (χ0n) is 10.3. The number of carbonyl (C=O) groups excluding carboxylic acids is 2. The molecule has 0 aromatic heterocycles. The molecule has 0 heterocycles. The van der Waals surface area contributed by atoms with Crippen molar-refractivity contribution in [2.45, 2.75) is 30.9 Å². The molecular weight excluding hydrogens is 333 g/mol. The van der Waals surface area contributed by atoms with Gasteiger partial charge in [0.2, 0.25) is 5.91 Å². The van der Waals surface area contributed by atoms with E-state index in [1.165, 1.54) is 0 Å². The van der Waals surface area contributed by atoms with E-state index in [0.717, 1.165) is 6.92 Å². The zero-order chi connectivity index (χ0) is 17.1.